The summed E-state index contributed by atoms with van der Waals surface area (Å²) < 4.78 is 5.56. The van der Waals surface area contributed by atoms with Crippen LogP contribution in [0.3, 0.4) is 0 Å². The van der Waals surface area contributed by atoms with Crippen molar-refractivity contribution in [3.63, 3.8) is 0 Å². The van der Waals surface area contributed by atoms with Crippen LogP contribution in [0.1, 0.15) is 5.69 Å². The summed E-state index contributed by atoms with van der Waals surface area (Å²) in [6.45, 7) is 1.21. The van der Waals surface area contributed by atoms with Crippen LogP contribution < -0.4 is 15.8 Å². The van der Waals surface area contributed by atoms with Crippen molar-refractivity contribution in [2.24, 2.45) is 5.73 Å². The van der Waals surface area contributed by atoms with Crippen molar-refractivity contribution in [2.75, 3.05) is 18.5 Å². The smallest absolute Gasteiger partial charge is 0.126 e. The van der Waals surface area contributed by atoms with E-state index in [1.165, 1.54) is 0 Å². The van der Waals surface area contributed by atoms with Gasteiger partial charge < -0.3 is 15.8 Å². The second-order valence-electron chi connectivity index (χ2n) is 3.86. The highest BCUT2D eigenvalue weighted by atomic mass is 32.1. The van der Waals surface area contributed by atoms with E-state index in [9.17, 15) is 0 Å². The first kappa shape index (κ1) is 13.3. The zero-order chi connectivity index (χ0) is 13.5. The molecule has 5 heteroatoms. The number of anilines is 1. The number of para-hydroxylation sites is 1. The summed E-state index contributed by atoms with van der Waals surface area (Å²) in [5.74, 6) is 1.59. The van der Waals surface area contributed by atoms with E-state index in [0.717, 1.165) is 11.6 Å². The molecule has 1 heterocycles. The van der Waals surface area contributed by atoms with Gasteiger partial charge >= 0.3 is 0 Å². The van der Waals surface area contributed by atoms with Crippen molar-refractivity contribution in [2.45, 2.75) is 0 Å². The lowest BCUT2D eigenvalue weighted by molar-refractivity contribution is 0.333. The molecule has 98 valence electrons. The highest BCUT2D eigenvalue weighted by molar-refractivity contribution is 7.80. The zero-order valence-electron chi connectivity index (χ0n) is 10.4. The summed E-state index contributed by atoms with van der Waals surface area (Å²) >= 11 is 4.88. The number of aromatic nitrogens is 1. The third-order valence-corrected chi connectivity index (χ3v) is 2.63. The maximum Gasteiger partial charge on any atom is 0.126 e. The molecular formula is C14H15N3OS. The number of nitrogens with two attached hydrogens (primary N) is 1. The Morgan fingerprint density at radius 3 is 2.68 bits per heavy atom. The molecule has 0 fully saturated rings. The Morgan fingerprint density at radius 2 is 1.95 bits per heavy atom. The van der Waals surface area contributed by atoms with E-state index in [4.69, 9.17) is 22.7 Å². The van der Waals surface area contributed by atoms with Crippen LogP contribution in [-0.2, 0) is 0 Å². The van der Waals surface area contributed by atoms with Gasteiger partial charge in [-0.1, -0.05) is 36.5 Å². The number of hydrogen-bond acceptors (Lipinski definition) is 4. The van der Waals surface area contributed by atoms with Gasteiger partial charge in [0.15, 0.2) is 0 Å². The Morgan fingerprint density at radius 1 is 1.16 bits per heavy atom. The summed E-state index contributed by atoms with van der Waals surface area (Å²) in [5.41, 5.74) is 6.14. The normalized spacial score (nSPS) is 9.89. The van der Waals surface area contributed by atoms with Gasteiger partial charge in [0.1, 0.15) is 23.2 Å². The Balaban J connectivity index is 1.80. The van der Waals surface area contributed by atoms with Crippen molar-refractivity contribution in [3.8, 4) is 5.75 Å². The summed E-state index contributed by atoms with van der Waals surface area (Å²) in [4.78, 5) is 4.58. The first-order chi connectivity index (χ1) is 9.25. The molecule has 2 rings (SSSR count). The quantitative estimate of drug-likeness (QED) is 0.624. The topological polar surface area (TPSA) is 60.2 Å². The predicted octanol–water partition coefficient (Wildman–Crippen LogP) is 2.21. The van der Waals surface area contributed by atoms with E-state index in [1.54, 1.807) is 6.07 Å². The summed E-state index contributed by atoms with van der Waals surface area (Å²) in [6.07, 6.45) is 0. The molecule has 1 aromatic heterocycles. The van der Waals surface area contributed by atoms with Gasteiger partial charge in [0.25, 0.3) is 0 Å². The maximum absolute atomic E-state index is 5.56. The average molecular weight is 273 g/mol. The van der Waals surface area contributed by atoms with Crippen LogP contribution in [0, 0.1) is 0 Å². The van der Waals surface area contributed by atoms with Gasteiger partial charge in [-0.3, -0.25) is 0 Å². The summed E-state index contributed by atoms with van der Waals surface area (Å²) in [6, 6.07) is 15.2. The predicted molar refractivity (Wildman–Crippen MR) is 80.6 cm³/mol. The highest BCUT2D eigenvalue weighted by Crippen LogP contribution is 2.08. The number of pyridine rings is 1. The molecule has 1 aromatic carbocycles. The highest BCUT2D eigenvalue weighted by Gasteiger charge is 1.99. The number of rotatable bonds is 6. The van der Waals surface area contributed by atoms with Crippen LogP contribution >= 0.6 is 12.2 Å². The van der Waals surface area contributed by atoms with Gasteiger partial charge in [-0.05, 0) is 24.3 Å². The number of ether oxygens (including phenoxy) is 1. The Bertz CT molecular complexity index is 545. The molecule has 0 aliphatic heterocycles. The van der Waals surface area contributed by atoms with Gasteiger partial charge in [-0.25, -0.2) is 4.98 Å². The van der Waals surface area contributed by atoms with Crippen LogP contribution in [0.4, 0.5) is 5.82 Å². The van der Waals surface area contributed by atoms with Crippen molar-refractivity contribution < 1.29 is 4.74 Å². The molecular weight excluding hydrogens is 258 g/mol. The lowest BCUT2D eigenvalue weighted by atomic mass is 10.3. The van der Waals surface area contributed by atoms with Crippen molar-refractivity contribution >= 4 is 23.0 Å². The minimum atomic E-state index is 0.296. The van der Waals surface area contributed by atoms with Crippen LogP contribution in [0.2, 0.25) is 0 Å². The van der Waals surface area contributed by atoms with E-state index >= 15 is 0 Å². The Kier molecular flexibility index (Phi) is 4.69. The molecule has 0 saturated heterocycles. The lowest BCUT2D eigenvalue weighted by Crippen LogP contribution is -2.15. The van der Waals surface area contributed by atoms with Crippen LogP contribution in [0.5, 0.6) is 5.75 Å². The molecule has 0 spiro atoms. The van der Waals surface area contributed by atoms with Gasteiger partial charge in [0.05, 0.1) is 12.2 Å². The van der Waals surface area contributed by atoms with Crippen LogP contribution in [0.25, 0.3) is 0 Å². The van der Waals surface area contributed by atoms with E-state index in [1.807, 2.05) is 42.5 Å². The van der Waals surface area contributed by atoms with Crippen molar-refractivity contribution in [1.29, 1.82) is 0 Å². The van der Waals surface area contributed by atoms with Crippen molar-refractivity contribution in [1.82, 2.24) is 4.98 Å². The third-order valence-electron chi connectivity index (χ3n) is 2.42. The van der Waals surface area contributed by atoms with E-state index in [2.05, 4.69) is 10.3 Å². The molecule has 19 heavy (non-hydrogen) atoms. The molecule has 0 aliphatic carbocycles. The third kappa shape index (κ3) is 4.22. The molecule has 4 nitrogen and oxygen atoms in total. The molecule has 0 amide bonds. The first-order valence-corrected chi connectivity index (χ1v) is 6.35. The maximum atomic E-state index is 5.56. The minimum absolute atomic E-state index is 0.296. The molecule has 0 radical (unpaired) electrons. The number of benzene rings is 1. The van der Waals surface area contributed by atoms with Gasteiger partial charge in [-0.2, -0.15) is 0 Å². The average Bonchev–Trinajstić information content (AvgIpc) is 2.45. The molecule has 0 bridgehead atoms. The number of hydrogen-bond donors (Lipinski definition) is 2. The number of thiocarbonyl (C=S) groups is 1. The van der Waals surface area contributed by atoms with E-state index < -0.39 is 0 Å². The fourth-order valence-electron chi connectivity index (χ4n) is 1.54. The van der Waals surface area contributed by atoms with Gasteiger partial charge in [-0.15, -0.1) is 0 Å². The zero-order valence-corrected chi connectivity index (χ0v) is 11.2. The molecule has 0 aliphatic rings. The van der Waals surface area contributed by atoms with E-state index in [-0.39, 0.29) is 0 Å². The molecule has 0 unspecified atom stereocenters. The molecule has 0 saturated carbocycles. The van der Waals surface area contributed by atoms with Gasteiger partial charge in [0, 0.05) is 0 Å². The largest absolute Gasteiger partial charge is 0.492 e. The fourth-order valence-corrected chi connectivity index (χ4v) is 1.65. The first-order valence-electron chi connectivity index (χ1n) is 5.94. The van der Waals surface area contributed by atoms with E-state index in [0.29, 0.717) is 23.8 Å². The molecule has 3 N–H and O–H groups in total. The molecule has 2 aromatic rings. The monoisotopic (exact) mass is 273 g/mol. The minimum Gasteiger partial charge on any atom is -0.492 e. The SMILES string of the molecule is NC(=S)c1cccc(NCCOc2ccccc2)n1. The lowest BCUT2D eigenvalue weighted by Gasteiger charge is -2.08. The second-order valence-corrected chi connectivity index (χ2v) is 4.30. The van der Waals surface area contributed by atoms with Crippen molar-refractivity contribution in [3.05, 3.63) is 54.2 Å². The number of nitrogens with zero attached hydrogens (tertiary/aromatic N) is 1. The van der Waals surface area contributed by atoms with Gasteiger partial charge in [0.2, 0.25) is 0 Å². The summed E-state index contributed by atoms with van der Waals surface area (Å²) in [5, 5.41) is 3.16. The standard InChI is InChI=1S/C14H15N3OS/c15-14(19)12-7-4-8-13(17-12)16-9-10-18-11-5-2-1-3-6-11/h1-8H,9-10H2,(H2,15,19)(H,16,17). The Labute approximate surface area is 117 Å². The van der Waals surface area contributed by atoms with Crippen LogP contribution in [-0.4, -0.2) is 23.1 Å². The fraction of sp³-hybridized carbons (Fsp3) is 0.143. The number of nitrogens with one attached hydrogen (secondary N) is 1. The second kappa shape index (κ2) is 6.70. The Hall–Kier alpha value is -2.14. The molecule has 0 atom stereocenters. The van der Waals surface area contributed by atoms with Crippen LogP contribution in [0.15, 0.2) is 48.5 Å². The summed E-state index contributed by atoms with van der Waals surface area (Å²) in [7, 11) is 0.